The molecule has 1 heterocycles. The number of aromatic nitrogens is 2. The fraction of sp³-hybridized carbons (Fsp3) is 0.200. The summed E-state index contributed by atoms with van der Waals surface area (Å²) >= 11 is 4.37. The van der Waals surface area contributed by atoms with Gasteiger partial charge in [-0.3, -0.25) is 14.9 Å². The number of rotatable bonds is 9. The maximum absolute atomic E-state index is 12.1. The van der Waals surface area contributed by atoms with Crippen molar-refractivity contribution >= 4 is 52.2 Å². The van der Waals surface area contributed by atoms with E-state index >= 15 is 0 Å². The fourth-order valence-electron chi connectivity index (χ4n) is 2.34. The van der Waals surface area contributed by atoms with Gasteiger partial charge in [0.05, 0.1) is 16.4 Å². The lowest BCUT2D eigenvalue weighted by Gasteiger charge is -2.02. The van der Waals surface area contributed by atoms with E-state index in [-0.39, 0.29) is 17.3 Å². The first kappa shape index (κ1) is 22.9. The van der Waals surface area contributed by atoms with Crippen LogP contribution in [0.4, 0.5) is 5.69 Å². The molecule has 31 heavy (non-hydrogen) atoms. The van der Waals surface area contributed by atoms with Gasteiger partial charge in [-0.05, 0) is 37.1 Å². The Labute approximate surface area is 191 Å². The predicted molar refractivity (Wildman–Crippen MR) is 125 cm³/mol. The number of benzene rings is 2. The number of nitro benzene ring substituents is 1. The van der Waals surface area contributed by atoms with Gasteiger partial charge in [-0.15, -0.1) is 10.2 Å². The second-order valence-electron chi connectivity index (χ2n) is 6.43. The number of amides is 1. The maximum atomic E-state index is 12.1. The molecule has 0 spiro atoms. The van der Waals surface area contributed by atoms with Crippen LogP contribution in [-0.2, 0) is 10.5 Å². The van der Waals surface area contributed by atoms with Crippen molar-refractivity contribution in [2.75, 3.05) is 5.75 Å². The monoisotopic (exact) mass is 473 g/mol. The molecule has 1 N–H and O–H groups in total. The Bertz CT molecular complexity index is 1080. The summed E-state index contributed by atoms with van der Waals surface area (Å²) in [6, 6.07) is 14.4. The minimum absolute atomic E-state index is 0.00504. The SMILES string of the molecule is C/C(=N/NC(=O)CSc1nnc(SCc2ccc(C)cc2)s1)c1ccc([N+](=O)[O-])cc1. The second kappa shape index (κ2) is 11.0. The fourth-order valence-corrected chi connectivity index (χ4v) is 5.11. The van der Waals surface area contributed by atoms with Crippen LogP contribution in [0.1, 0.15) is 23.6 Å². The van der Waals surface area contributed by atoms with E-state index in [9.17, 15) is 14.9 Å². The van der Waals surface area contributed by atoms with Crippen molar-refractivity contribution < 1.29 is 9.72 Å². The molecular weight excluding hydrogens is 454 g/mol. The zero-order valence-corrected chi connectivity index (χ0v) is 19.2. The number of thioether (sulfide) groups is 2. The first-order valence-corrected chi connectivity index (χ1v) is 11.9. The standard InChI is InChI=1S/C20H19N5O3S3/c1-13-3-5-15(6-4-13)11-29-19-23-24-20(31-19)30-12-18(26)22-21-14(2)16-7-9-17(10-8-16)25(27)28/h3-10H,11-12H2,1-2H3,(H,22,26)/b21-14-. The number of hydrogen-bond acceptors (Lipinski definition) is 9. The number of carbonyl (C=O) groups excluding carboxylic acids is 1. The van der Waals surface area contributed by atoms with Gasteiger partial charge in [0.25, 0.3) is 11.6 Å². The van der Waals surface area contributed by atoms with Gasteiger partial charge in [0.2, 0.25) is 0 Å². The molecule has 11 heteroatoms. The van der Waals surface area contributed by atoms with Gasteiger partial charge >= 0.3 is 0 Å². The minimum atomic E-state index is -0.463. The Morgan fingerprint density at radius 3 is 2.39 bits per heavy atom. The average Bonchev–Trinajstić information content (AvgIpc) is 3.23. The van der Waals surface area contributed by atoms with E-state index in [1.165, 1.54) is 46.4 Å². The topological polar surface area (TPSA) is 110 Å². The number of non-ortho nitro benzene ring substituents is 1. The molecular formula is C20H19N5O3S3. The van der Waals surface area contributed by atoms with Crippen LogP contribution < -0.4 is 5.43 Å². The van der Waals surface area contributed by atoms with Gasteiger partial charge in [0, 0.05) is 17.9 Å². The zero-order valence-electron chi connectivity index (χ0n) is 16.8. The molecule has 0 atom stereocenters. The van der Waals surface area contributed by atoms with E-state index in [1.807, 2.05) is 0 Å². The molecule has 0 saturated heterocycles. The highest BCUT2D eigenvalue weighted by molar-refractivity contribution is 8.03. The van der Waals surface area contributed by atoms with Crippen LogP contribution in [0.3, 0.4) is 0 Å². The minimum Gasteiger partial charge on any atom is -0.272 e. The van der Waals surface area contributed by atoms with Crippen LogP contribution in [0.5, 0.6) is 0 Å². The Balaban J connectivity index is 1.44. The van der Waals surface area contributed by atoms with Crippen molar-refractivity contribution in [3.63, 3.8) is 0 Å². The summed E-state index contributed by atoms with van der Waals surface area (Å²) in [6.07, 6.45) is 0. The quantitative estimate of drug-likeness (QED) is 0.208. The molecule has 0 bridgehead atoms. The number of hydrazone groups is 1. The number of nitrogens with one attached hydrogen (secondary N) is 1. The first-order valence-electron chi connectivity index (χ1n) is 9.13. The molecule has 0 aliphatic carbocycles. The summed E-state index contributed by atoms with van der Waals surface area (Å²) in [7, 11) is 0. The molecule has 0 fully saturated rings. The number of nitrogens with zero attached hydrogens (tertiary/aromatic N) is 4. The highest BCUT2D eigenvalue weighted by atomic mass is 32.2. The smallest absolute Gasteiger partial charge is 0.269 e. The largest absolute Gasteiger partial charge is 0.272 e. The highest BCUT2D eigenvalue weighted by Crippen LogP contribution is 2.30. The number of hydrogen-bond donors (Lipinski definition) is 1. The van der Waals surface area contributed by atoms with E-state index < -0.39 is 4.92 Å². The number of carbonyl (C=O) groups is 1. The molecule has 160 valence electrons. The lowest BCUT2D eigenvalue weighted by Crippen LogP contribution is -2.21. The van der Waals surface area contributed by atoms with Crippen LogP contribution in [-0.4, -0.2) is 32.5 Å². The summed E-state index contributed by atoms with van der Waals surface area (Å²) < 4.78 is 1.58. The first-order chi connectivity index (χ1) is 14.9. The molecule has 0 aliphatic heterocycles. The molecule has 3 rings (SSSR count). The van der Waals surface area contributed by atoms with Crippen molar-refractivity contribution in [1.29, 1.82) is 0 Å². The molecule has 2 aromatic carbocycles. The van der Waals surface area contributed by atoms with Crippen LogP contribution in [0.15, 0.2) is 62.3 Å². The van der Waals surface area contributed by atoms with E-state index in [0.29, 0.717) is 11.3 Å². The molecule has 1 amide bonds. The van der Waals surface area contributed by atoms with Crippen molar-refractivity contribution in [1.82, 2.24) is 15.6 Å². The van der Waals surface area contributed by atoms with Crippen molar-refractivity contribution in [2.24, 2.45) is 5.10 Å². The molecule has 1 aromatic heterocycles. The summed E-state index contributed by atoms with van der Waals surface area (Å²) in [4.78, 5) is 22.3. The predicted octanol–water partition coefficient (Wildman–Crippen LogP) is 4.68. The van der Waals surface area contributed by atoms with Crippen molar-refractivity contribution in [2.45, 2.75) is 28.3 Å². The van der Waals surface area contributed by atoms with Crippen LogP contribution >= 0.6 is 34.9 Å². The Morgan fingerprint density at radius 2 is 1.74 bits per heavy atom. The third-order valence-electron chi connectivity index (χ3n) is 4.04. The van der Waals surface area contributed by atoms with E-state index in [4.69, 9.17) is 0 Å². The van der Waals surface area contributed by atoms with Crippen molar-refractivity contribution in [3.8, 4) is 0 Å². The highest BCUT2D eigenvalue weighted by Gasteiger charge is 2.10. The third kappa shape index (κ3) is 7.16. The Hall–Kier alpha value is -2.76. The average molecular weight is 474 g/mol. The molecule has 0 unspecified atom stereocenters. The van der Waals surface area contributed by atoms with Gasteiger partial charge in [0.15, 0.2) is 8.68 Å². The molecule has 8 nitrogen and oxygen atoms in total. The summed E-state index contributed by atoms with van der Waals surface area (Å²) in [5.41, 5.74) is 6.20. The van der Waals surface area contributed by atoms with Crippen LogP contribution in [0, 0.1) is 17.0 Å². The van der Waals surface area contributed by atoms with Gasteiger partial charge in [0.1, 0.15) is 0 Å². The maximum Gasteiger partial charge on any atom is 0.269 e. The summed E-state index contributed by atoms with van der Waals surface area (Å²) in [5, 5.41) is 23.0. The third-order valence-corrected chi connectivity index (χ3v) is 7.30. The van der Waals surface area contributed by atoms with E-state index in [1.54, 1.807) is 30.8 Å². The van der Waals surface area contributed by atoms with Crippen LogP contribution in [0.2, 0.25) is 0 Å². The zero-order chi connectivity index (χ0) is 22.2. The van der Waals surface area contributed by atoms with Gasteiger partial charge in [-0.25, -0.2) is 5.43 Å². The normalized spacial score (nSPS) is 11.4. The van der Waals surface area contributed by atoms with Crippen LogP contribution in [0.25, 0.3) is 0 Å². The Morgan fingerprint density at radius 1 is 1.10 bits per heavy atom. The summed E-state index contributed by atoms with van der Waals surface area (Å²) in [5.74, 6) is 0.709. The lowest BCUT2D eigenvalue weighted by molar-refractivity contribution is -0.384. The summed E-state index contributed by atoms with van der Waals surface area (Å²) in [6.45, 7) is 3.78. The molecule has 0 aliphatic rings. The number of nitro groups is 1. The molecule has 0 saturated carbocycles. The molecule has 3 aromatic rings. The van der Waals surface area contributed by atoms with Crippen molar-refractivity contribution in [3.05, 3.63) is 75.3 Å². The van der Waals surface area contributed by atoms with E-state index in [0.717, 1.165) is 14.4 Å². The Kier molecular flexibility index (Phi) is 8.15. The number of aryl methyl sites for hydroxylation is 1. The van der Waals surface area contributed by atoms with Gasteiger partial charge < -0.3 is 0 Å². The lowest BCUT2D eigenvalue weighted by atomic mass is 10.1. The molecule has 0 radical (unpaired) electrons. The van der Waals surface area contributed by atoms with E-state index in [2.05, 4.69) is 51.9 Å². The van der Waals surface area contributed by atoms with Gasteiger partial charge in [-0.2, -0.15) is 5.10 Å². The second-order valence-corrected chi connectivity index (χ2v) is 9.86. The van der Waals surface area contributed by atoms with Gasteiger partial charge in [-0.1, -0.05) is 64.7 Å².